The molecule has 2 nitrogen and oxygen atoms in total. The van der Waals surface area contributed by atoms with Gasteiger partial charge in [0, 0.05) is 6.04 Å². The highest BCUT2D eigenvalue weighted by molar-refractivity contribution is 4.71. The Kier molecular flexibility index (Phi) is 5.57. The first kappa shape index (κ1) is 12.9. The summed E-state index contributed by atoms with van der Waals surface area (Å²) in [5.74, 6) is 0. The Balaban J connectivity index is 3.81. The minimum Gasteiger partial charge on any atom is -0.373 e. The Bertz CT molecular complexity index is 132. The molecule has 0 aliphatic rings. The zero-order chi connectivity index (χ0) is 10.5. The predicted molar refractivity (Wildman–Crippen MR) is 57.8 cm³/mol. The molecule has 0 aliphatic heterocycles. The van der Waals surface area contributed by atoms with Crippen LogP contribution in [-0.2, 0) is 4.74 Å². The van der Waals surface area contributed by atoms with E-state index in [1.54, 1.807) is 0 Å². The molecule has 2 unspecified atom stereocenters. The van der Waals surface area contributed by atoms with E-state index in [1.807, 2.05) is 6.92 Å². The van der Waals surface area contributed by atoms with Gasteiger partial charge < -0.3 is 10.5 Å². The second-order valence-corrected chi connectivity index (χ2v) is 4.65. The van der Waals surface area contributed by atoms with Gasteiger partial charge in [0.2, 0.25) is 0 Å². The molecule has 0 aromatic rings. The molecule has 13 heavy (non-hydrogen) atoms. The summed E-state index contributed by atoms with van der Waals surface area (Å²) in [4.78, 5) is 0. The third-order valence-corrected chi connectivity index (χ3v) is 2.08. The van der Waals surface area contributed by atoms with E-state index < -0.39 is 0 Å². The van der Waals surface area contributed by atoms with Gasteiger partial charge in [-0.1, -0.05) is 13.3 Å². The fourth-order valence-corrected chi connectivity index (χ4v) is 1.78. The Labute approximate surface area is 82.8 Å². The number of hydrogen-bond acceptors (Lipinski definition) is 2. The topological polar surface area (TPSA) is 35.2 Å². The molecule has 0 amide bonds. The third kappa shape index (κ3) is 7.03. The molecule has 2 heteroatoms. The molecule has 0 saturated carbocycles. The first-order valence-corrected chi connectivity index (χ1v) is 5.31. The van der Waals surface area contributed by atoms with Crippen molar-refractivity contribution in [2.75, 3.05) is 0 Å². The van der Waals surface area contributed by atoms with E-state index in [0.717, 1.165) is 19.3 Å². The molecule has 0 aliphatic carbocycles. The maximum Gasteiger partial charge on any atom is 0.0630 e. The van der Waals surface area contributed by atoms with Crippen molar-refractivity contribution in [2.45, 2.75) is 71.6 Å². The van der Waals surface area contributed by atoms with Gasteiger partial charge in [-0.3, -0.25) is 0 Å². The fourth-order valence-electron chi connectivity index (χ4n) is 1.78. The minimum atomic E-state index is 0.00303. The van der Waals surface area contributed by atoms with Crippen molar-refractivity contribution in [3.63, 3.8) is 0 Å². The van der Waals surface area contributed by atoms with Crippen molar-refractivity contribution in [3.8, 4) is 0 Å². The second kappa shape index (κ2) is 5.61. The van der Waals surface area contributed by atoms with Crippen LogP contribution >= 0.6 is 0 Å². The van der Waals surface area contributed by atoms with E-state index in [1.165, 1.54) is 0 Å². The Morgan fingerprint density at radius 3 is 2.23 bits per heavy atom. The Morgan fingerprint density at radius 2 is 1.85 bits per heavy atom. The van der Waals surface area contributed by atoms with Gasteiger partial charge in [0.25, 0.3) is 0 Å². The van der Waals surface area contributed by atoms with E-state index >= 15 is 0 Å². The van der Waals surface area contributed by atoms with Gasteiger partial charge in [0.15, 0.2) is 0 Å². The predicted octanol–water partition coefficient (Wildman–Crippen LogP) is 2.71. The number of nitrogens with two attached hydrogens (primary N) is 1. The average molecular weight is 187 g/mol. The lowest BCUT2D eigenvalue weighted by Crippen LogP contribution is -2.32. The van der Waals surface area contributed by atoms with Crippen LogP contribution in [0.1, 0.15) is 53.9 Å². The maximum absolute atomic E-state index is 5.91. The molecular formula is C11H25NO. The summed E-state index contributed by atoms with van der Waals surface area (Å²) in [6.07, 6.45) is 3.47. The van der Waals surface area contributed by atoms with Crippen LogP contribution in [0, 0.1) is 0 Å². The summed E-state index contributed by atoms with van der Waals surface area (Å²) in [6, 6.07) is 0.229. The molecule has 2 atom stereocenters. The van der Waals surface area contributed by atoms with Crippen LogP contribution in [0.2, 0.25) is 0 Å². The molecule has 0 saturated heterocycles. The second-order valence-electron chi connectivity index (χ2n) is 4.65. The van der Waals surface area contributed by atoms with Crippen LogP contribution in [0.4, 0.5) is 0 Å². The smallest absolute Gasteiger partial charge is 0.0630 e. The van der Waals surface area contributed by atoms with Crippen LogP contribution in [0.15, 0.2) is 0 Å². The number of ether oxygens (including phenoxy) is 1. The quantitative estimate of drug-likeness (QED) is 0.694. The van der Waals surface area contributed by atoms with Crippen molar-refractivity contribution in [1.82, 2.24) is 0 Å². The van der Waals surface area contributed by atoms with Gasteiger partial charge in [0.05, 0.1) is 11.7 Å². The summed E-state index contributed by atoms with van der Waals surface area (Å²) in [7, 11) is 0. The molecule has 0 spiro atoms. The van der Waals surface area contributed by atoms with Crippen molar-refractivity contribution < 1.29 is 4.74 Å². The highest BCUT2D eigenvalue weighted by Crippen LogP contribution is 2.20. The number of hydrogen-bond donors (Lipinski definition) is 1. The lowest BCUT2D eigenvalue weighted by atomic mass is 10.0. The van der Waals surface area contributed by atoms with Gasteiger partial charge in [-0.25, -0.2) is 0 Å². The van der Waals surface area contributed by atoms with E-state index in [0.29, 0.717) is 0 Å². The SMILES string of the molecule is CCCC(C)(C)OC(C)CC(C)N. The number of rotatable bonds is 6. The average Bonchev–Trinajstić information content (AvgIpc) is 1.81. The fraction of sp³-hybridized carbons (Fsp3) is 1.00. The summed E-state index contributed by atoms with van der Waals surface area (Å²) < 4.78 is 5.91. The first-order valence-electron chi connectivity index (χ1n) is 5.31. The van der Waals surface area contributed by atoms with E-state index in [-0.39, 0.29) is 17.7 Å². The van der Waals surface area contributed by atoms with Crippen molar-refractivity contribution in [2.24, 2.45) is 5.73 Å². The van der Waals surface area contributed by atoms with E-state index in [2.05, 4.69) is 27.7 Å². The molecule has 80 valence electrons. The van der Waals surface area contributed by atoms with Gasteiger partial charge >= 0.3 is 0 Å². The molecule has 0 heterocycles. The largest absolute Gasteiger partial charge is 0.373 e. The zero-order valence-corrected chi connectivity index (χ0v) is 9.76. The molecule has 0 aromatic heterocycles. The summed E-state index contributed by atoms with van der Waals surface area (Å²) in [5, 5.41) is 0. The zero-order valence-electron chi connectivity index (χ0n) is 9.76. The summed E-state index contributed by atoms with van der Waals surface area (Å²) in [6.45, 7) is 10.6. The summed E-state index contributed by atoms with van der Waals surface area (Å²) in [5.41, 5.74) is 5.71. The highest BCUT2D eigenvalue weighted by Gasteiger charge is 2.20. The summed E-state index contributed by atoms with van der Waals surface area (Å²) >= 11 is 0. The van der Waals surface area contributed by atoms with E-state index in [9.17, 15) is 0 Å². The van der Waals surface area contributed by atoms with Crippen molar-refractivity contribution >= 4 is 0 Å². The van der Waals surface area contributed by atoms with Crippen molar-refractivity contribution in [1.29, 1.82) is 0 Å². The first-order chi connectivity index (χ1) is 5.87. The van der Waals surface area contributed by atoms with Crippen LogP contribution in [-0.4, -0.2) is 17.7 Å². The maximum atomic E-state index is 5.91. The molecule has 0 bridgehead atoms. The van der Waals surface area contributed by atoms with Gasteiger partial charge in [-0.2, -0.15) is 0 Å². The van der Waals surface area contributed by atoms with Crippen LogP contribution in [0.25, 0.3) is 0 Å². The molecule has 0 aromatic carbocycles. The molecule has 2 N–H and O–H groups in total. The lowest BCUT2D eigenvalue weighted by Gasteiger charge is -2.29. The van der Waals surface area contributed by atoms with Crippen LogP contribution < -0.4 is 5.73 Å². The minimum absolute atomic E-state index is 0.00303. The third-order valence-electron chi connectivity index (χ3n) is 2.08. The molecular weight excluding hydrogens is 162 g/mol. The van der Waals surface area contributed by atoms with Crippen LogP contribution in [0.3, 0.4) is 0 Å². The monoisotopic (exact) mass is 187 g/mol. The Hall–Kier alpha value is -0.0800. The van der Waals surface area contributed by atoms with Gasteiger partial charge in [-0.15, -0.1) is 0 Å². The standard InChI is InChI=1S/C11H25NO/c1-6-7-11(4,5)13-10(3)8-9(2)12/h9-10H,6-8,12H2,1-5H3. The van der Waals surface area contributed by atoms with Gasteiger partial charge in [-0.05, 0) is 40.5 Å². The normalized spacial score (nSPS) is 17.1. The van der Waals surface area contributed by atoms with Crippen LogP contribution in [0.5, 0.6) is 0 Å². The molecule has 0 radical (unpaired) electrons. The van der Waals surface area contributed by atoms with Crippen molar-refractivity contribution in [3.05, 3.63) is 0 Å². The lowest BCUT2D eigenvalue weighted by molar-refractivity contribution is -0.0726. The Morgan fingerprint density at radius 1 is 1.31 bits per heavy atom. The van der Waals surface area contributed by atoms with E-state index in [4.69, 9.17) is 10.5 Å². The molecule has 0 fully saturated rings. The highest BCUT2D eigenvalue weighted by atomic mass is 16.5. The van der Waals surface area contributed by atoms with Gasteiger partial charge in [0.1, 0.15) is 0 Å². The molecule has 0 rings (SSSR count).